The van der Waals surface area contributed by atoms with E-state index in [9.17, 15) is 13.2 Å². The molecule has 8 heteroatoms. The van der Waals surface area contributed by atoms with E-state index in [4.69, 9.17) is 15.9 Å². The number of carbonyl (C=O) groups is 1. The van der Waals surface area contributed by atoms with Crippen LogP contribution in [0.1, 0.15) is 19.8 Å². The molecule has 0 heterocycles. The highest BCUT2D eigenvalue weighted by Gasteiger charge is 2.15. The van der Waals surface area contributed by atoms with E-state index in [0.717, 1.165) is 0 Å². The molecule has 0 aromatic carbocycles. The quantitative estimate of drug-likeness (QED) is 0.416. The Kier molecular flexibility index (Phi) is 6.49. The van der Waals surface area contributed by atoms with Crippen molar-refractivity contribution < 1.29 is 23.4 Å². The van der Waals surface area contributed by atoms with Crippen molar-refractivity contribution in [3.8, 4) is 0 Å². The van der Waals surface area contributed by atoms with Crippen LogP contribution in [0.15, 0.2) is 0 Å². The highest BCUT2D eigenvalue weighted by atomic mass is 32.2. The second kappa shape index (κ2) is 6.79. The monoisotopic (exact) mass is 254 g/mol. The molecule has 96 valence electrons. The van der Waals surface area contributed by atoms with Gasteiger partial charge in [-0.15, -0.1) is 0 Å². The van der Waals surface area contributed by atoms with Crippen LogP contribution in [0.2, 0.25) is 0 Å². The molecule has 2 unspecified atom stereocenters. The number of aliphatic hydroxyl groups is 1. The second-order valence-electron chi connectivity index (χ2n) is 3.57. The van der Waals surface area contributed by atoms with Gasteiger partial charge >= 0.3 is 5.97 Å². The topological polar surface area (TPSA) is 130 Å². The Hall–Kier alpha value is -0.700. The molecule has 0 saturated heterocycles. The number of aliphatic hydroxyl groups excluding tert-OH is 1. The van der Waals surface area contributed by atoms with Crippen molar-refractivity contribution >= 4 is 16.0 Å². The van der Waals surface area contributed by atoms with Crippen molar-refractivity contribution in [2.75, 3.05) is 12.3 Å². The minimum atomic E-state index is -3.51. The Balaban J connectivity index is 3.92. The predicted molar refractivity (Wildman–Crippen MR) is 58.3 cm³/mol. The third kappa shape index (κ3) is 7.57. The average molecular weight is 254 g/mol. The Morgan fingerprint density at radius 2 is 2.06 bits per heavy atom. The lowest BCUT2D eigenvalue weighted by Gasteiger charge is -2.15. The van der Waals surface area contributed by atoms with Crippen LogP contribution in [0.25, 0.3) is 0 Å². The Bertz CT molecular complexity index is 314. The zero-order valence-electron chi connectivity index (χ0n) is 9.09. The van der Waals surface area contributed by atoms with E-state index in [1.54, 1.807) is 0 Å². The number of hydrogen-bond donors (Lipinski definition) is 4. The zero-order valence-corrected chi connectivity index (χ0v) is 9.90. The summed E-state index contributed by atoms with van der Waals surface area (Å²) in [6.07, 6.45) is -0.945. The summed E-state index contributed by atoms with van der Waals surface area (Å²) in [6, 6.07) is -0.672. The third-order valence-electron chi connectivity index (χ3n) is 1.96. The molecule has 0 aromatic heterocycles. The summed E-state index contributed by atoms with van der Waals surface area (Å²) >= 11 is 0. The van der Waals surface area contributed by atoms with Gasteiger partial charge in [0.1, 0.15) is 0 Å². The summed E-state index contributed by atoms with van der Waals surface area (Å²) in [5, 5.41) is 17.4. The molecule has 0 aliphatic rings. The molecule has 16 heavy (non-hydrogen) atoms. The summed E-state index contributed by atoms with van der Waals surface area (Å²) in [7, 11) is -3.51. The average Bonchev–Trinajstić information content (AvgIpc) is 2.13. The van der Waals surface area contributed by atoms with Crippen LogP contribution in [0.3, 0.4) is 0 Å². The van der Waals surface area contributed by atoms with Crippen molar-refractivity contribution in [3.05, 3.63) is 0 Å². The number of carboxylic acids is 1. The lowest BCUT2D eigenvalue weighted by Crippen LogP contribution is -2.44. The molecule has 0 radical (unpaired) electrons. The first kappa shape index (κ1) is 15.3. The summed E-state index contributed by atoms with van der Waals surface area (Å²) in [5.74, 6) is -1.29. The molecule has 0 saturated carbocycles. The van der Waals surface area contributed by atoms with Gasteiger partial charge in [-0.2, -0.15) is 0 Å². The fourth-order valence-corrected chi connectivity index (χ4v) is 1.99. The van der Waals surface area contributed by atoms with Crippen molar-refractivity contribution in [3.63, 3.8) is 0 Å². The van der Waals surface area contributed by atoms with Crippen LogP contribution in [0, 0.1) is 0 Å². The van der Waals surface area contributed by atoms with E-state index < -0.39 is 28.1 Å². The van der Waals surface area contributed by atoms with Crippen LogP contribution in [-0.4, -0.2) is 49.0 Å². The van der Waals surface area contributed by atoms with E-state index in [1.807, 2.05) is 0 Å². The predicted octanol–water partition coefficient (Wildman–Crippen LogP) is -1.52. The van der Waals surface area contributed by atoms with E-state index >= 15 is 0 Å². The standard InChI is InChI=1S/C8H18N2O5S/c1-6(11)7(9)5-10-16(14,15)4-2-3-8(12)13/h6-7,10-11H,2-5,9H2,1H3,(H,12,13). The molecule has 2 atom stereocenters. The van der Waals surface area contributed by atoms with Gasteiger partial charge in [0.25, 0.3) is 0 Å². The maximum atomic E-state index is 11.3. The molecule has 0 bridgehead atoms. The van der Waals surface area contributed by atoms with Crippen LogP contribution in [0.4, 0.5) is 0 Å². The summed E-state index contributed by atoms with van der Waals surface area (Å²) in [5.41, 5.74) is 5.43. The second-order valence-corrected chi connectivity index (χ2v) is 5.50. The van der Waals surface area contributed by atoms with E-state index in [1.165, 1.54) is 6.92 Å². The van der Waals surface area contributed by atoms with Gasteiger partial charge in [0.15, 0.2) is 0 Å². The molecule has 0 fully saturated rings. The molecular weight excluding hydrogens is 236 g/mol. The lowest BCUT2D eigenvalue weighted by molar-refractivity contribution is -0.137. The SMILES string of the molecule is CC(O)C(N)CNS(=O)(=O)CCCC(=O)O. The number of nitrogens with one attached hydrogen (secondary N) is 1. The normalized spacial score (nSPS) is 15.7. The first-order valence-corrected chi connectivity index (χ1v) is 6.52. The van der Waals surface area contributed by atoms with Crippen LogP contribution in [-0.2, 0) is 14.8 Å². The van der Waals surface area contributed by atoms with E-state index in [2.05, 4.69) is 4.72 Å². The minimum Gasteiger partial charge on any atom is -0.481 e. The van der Waals surface area contributed by atoms with Gasteiger partial charge in [0, 0.05) is 19.0 Å². The number of rotatable bonds is 8. The first-order valence-electron chi connectivity index (χ1n) is 4.87. The maximum absolute atomic E-state index is 11.3. The van der Waals surface area contributed by atoms with Crippen LogP contribution >= 0.6 is 0 Å². The molecular formula is C8H18N2O5S. The smallest absolute Gasteiger partial charge is 0.303 e. The number of hydrogen-bond acceptors (Lipinski definition) is 5. The number of nitrogens with two attached hydrogens (primary N) is 1. The van der Waals surface area contributed by atoms with E-state index in [-0.39, 0.29) is 25.1 Å². The molecule has 7 nitrogen and oxygen atoms in total. The molecule has 0 aromatic rings. The van der Waals surface area contributed by atoms with Crippen LogP contribution < -0.4 is 10.5 Å². The largest absolute Gasteiger partial charge is 0.481 e. The van der Waals surface area contributed by atoms with Gasteiger partial charge in [-0.1, -0.05) is 0 Å². The number of sulfonamides is 1. The van der Waals surface area contributed by atoms with Gasteiger partial charge in [-0.3, -0.25) is 4.79 Å². The third-order valence-corrected chi connectivity index (χ3v) is 3.39. The Morgan fingerprint density at radius 1 is 1.50 bits per heavy atom. The number of aliphatic carboxylic acids is 1. The maximum Gasteiger partial charge on any atom is 0.303 e. The van der Waals surface area contributed by atoms with Crippen molar-refractivity contribution in [2.24, 2.45) is 5.73 Å². The van der Waals surface area contributed by atoms with Crippen molar-refractivity contribution in [1.82, 2.24) is 4.72 Å². The Labute approximate surface area is 94.7 Å². The highest BCUT2D eigenvalue weighted by Crippen LogP contribution is 1.95. The van der Waals surface area contributed by atoms with Gasteiger partial charge < -0.3 is 15.9 Å². The van der Waals surface area contributed by atoms with Crippen molar-refractivity contribution in [1.29, 1.82) is 0 Å². The molecule has 5 N–H and O–H groups in total. The summed E-state index contributed by atoms with van der Waals surface area (Å²) < 4.78 is 24.8. The first-order chi connectivity index (χ1) is 7.24. The minimum absolute atomic E-state index is 0.0502. The summed E-state index contributed by atoms with van der Waals surface area (Å²) in [6.45, 7) is 1.40. The highest BCUT2D eigenvalue weighted by molar-refractivity contribution is 7.89. The van der Waals surface area contributed by atoms with Gasteiger partial charge in [0.05, 0.1) is 11.9 Å². The fourth-order valence-electron chi connectivity index (χ4n) is 0.879. The molecule has 0 rings (SSSR count). The van der Waals surface area contributed by atoms with Gasteiger partial charge in [0.2, 0.25) is 10.0 Å². The number of carboxylic acid groups (broad SMARTS) is 1. The van der Waals surface area contributed by atoms with Crippen molar-refractivity contribution in [2.45, 2.75) is 31.9 Å². The molecule has 0 amide bonds. The molecule has 0 spiro atoms. The lowest BCUT2D eigenvalue weighted by atomic mass is 10.2. The molecule has 0 aliphatic heterocycles. The van der Waals surface area contributed by atoms with Gasteiger partial charge in [-0.25, -0.2) is 13.1 Å². The zero-order chi connectivity index (χ0) is 12.8. The van der Waals surface area contributed by atoms with Crippen LogP contribution in [0.5, 0.6) is 0 Å². The fraction of sp³-hybridized carbons (Fsp3) is 0.875. The summed E-state index contributed by atoms with van der Waals surface area (Å²) in [4.78, 5) is 10.2. The van der Waals surface area contributed by atoms with E-state index in [0.29, 0.717) is 0 Å². The Morgan fingerprint density at radius 3 is 2.50 bits per heavy atom. The van der Waals surface area contributed by atoms with Gasteiger partial charge in [-0.05, 0) is 13.3 Å². The molecule has 0 aliphatic carbocycles.